The molecule has 0 aliphatic carbocycles. The molecule has 23 heavy (non-hydrogen) atoms. The first kappa shape index (κ1) is 16.0. The first-order valence-corrected chi connectivity index (χ1v) is 9.15. The molecule has 1 aromatic heterocycles. The largest absolute Gasteiger partial charge is 0.507 e. The zero-order valence-corrected chi connectivity index (χ0v) is 13.4. The van der Waals surface area contributed by atoms with Gasteiger partial charge in [0.25, 0.3) is 6.57 Å². The number of rotatable bonds is 4. The van der Waals surface area contributed by atoms with Crippen LogP contribution in [-0.4, -0.2) is 31.7 Å². The van der Waals surface area contributed by atoms with Gasteiger partial charge in [-0.25, -0.2) is 5.32 Å². The highest BCUT2D eigenvalue weighted by Gasteiger charge is 2.44. The molecule has 1 aromatic carbocycles. The topological polar surface area (TPSA) is 99.1 Å². The predicted molar refractivity (Wildman–Crippen MR) is 87.6 cm³/mol. The van der Waals surface area contributed by atoms with Gasteiger partial charge in [-0.2, -0.15) is 0 Å². The van der Waals surface area contributed by atoms with E-state index in [2.05, 4.69) is 10.2 Å². The van der Waals surface area contributed by atoms with Crippen molar-refractivity contribution in [1.29, 1.82) is 0 Å². The van der Waals surface area contributed by atoms with Gasteiger partial charge in [-0.15, -0.1) is 0 Å². The van der Waals surface area contributed by atoms with Crippen molar-refractivity contribution in [3.8, 4) is 12.3 Å². The second-order valence-corrected chi connectivity index (χ2v) is 7.58. The summed E-state index contributed by atoms with van der Waals surface area (Å²) in [6.07, 6.45) is 3.41. The van der Waals surface area contributed by atoms with Crippen LogP contribution in [0.3, 0.4) is 0 Å². The SMILES string of the molecule is C#[N+][C@]1(Cc2cn(CP(=O)(O)O)c3cccc(O)c23)CCCN1. The van der Waals surface area contributed by atoms with Crippen LogP contribution in [0.4, 0.5) is 0 Å². The number of aromatic nitrogens is 1. The molecule has 0 radical (unpaired) electrons. The Kier molecular flexibility index (Phi) is 3.95. The molecule has 4 N–H and O–H groups in total. The van der Waals surface area contributed by atoms with Crippen molar-refractivity contribution >= 4 is 18.5 Å². The molecule has 1 aliphatic heterocycles. The van der Waals surface area contributed by atoms with Gasteiger partial charge in [0.05, 0.1) is 11.9 Å². The van der Waals surface area contributed by atoms with Gasteiger partial charge >= 0.3 is 13.3 Å². The van der Waals surface area contributed by atoms with Gasteiger partial charge in [0.1, 0.15) is 12.0 Å². The predicted octanol–water partition coefficient (Wildman–Crippen LogP) is 2.07. The summed E-state index contributed by atoms with van der Waals surface area (Å²) in [5.74, 6) is 0.0760. The summed E-state index contributed by atoms with van der Waals surface area (Å²) < 4.78 is 12.8. The Bertz CT molecular complexity index is 827. The van der Waals surface area contributed by atoms with E-state index in [1.165, 1.54) is 4.57 Å². The highest BCUT2D eigenvalue weighted by Crippen LogP contribution is 2.41. The average molecular weight is 336 g/mol. The number of nitrogens with zero attached hydrogens (tertiary/aromatic N) is 2. The number of aromatic hydroxyl groups is 1. The van der Waals surface area contributed by atoms with E-state index >= 15 is 0 Å². The van der Waals surface area contributed by atoms with Crippen molar-refractivity contribution in [2.75, 3.05) is 6.54 Å². The highest BCUT2D eigenvalue weighted by molar-refractivity contribution is 7.50. The molecule has 0 unspecified atom stereocenters. The third-order valence-electron chi connectivity index (χ3n) is 4.25. The summed E-state index contributed by atoms with van der Waals surface area (Å²) in [4.78, 5) is 22.5. The minimum atomic E-state index is -4.24. The molecule has 2 heterocycles. The smallest absolute Gasteiger partial charge is 0.345 e. The van der Waals surface area contributed by atoms with Gasteiger partial charge in [0.2, 0.25) is 0 Å². The second kappa shape index (κ2) is 5.66. The lowest BCUT2D eigenvalue weighted by atomic mass is 9.98. The van der Waals surface area contributed by atoms with Crippen LogP contribution in [0.2, 0.25) is 0 Å². The number of hydrogen-bond acceptors (Lipinski definition) is 3. The minimum Gasteiger partial charge on any atom is -0.507 e. The molecule has 8 heteroatoms. The molecule has 1 fully saturated rings. The fourth-order valence-electron chi connectivity index (χ4n) is 3.28. The monoisotopic (exact) mass is 336 g/mol. The molecule has 3 rings (SSSR count). The maximum Gasteiger partial charge on any atom is 0.345 e. The maximum atomic E-state index is 11.4. The maximum absolute atomic E-state index is 11.4. The second-order valence-electron chi connectivity index (χ2n) is 5.97. The Labute approximate surface area is 133 Å². The third-order valence-corrected chi connectivity index (χ3v) is 4.92. The zero-order valence-electron chi connectivity index (χ0n) is 12.5. The van der Waals surface area contributed by atoms with E-state index in [0.717, 1.165) is 24.9 Å². The van der Waals surface area contributed by atoms with Crippen molar-refractivity contribution in [1.82, 2.24) is 9.88 Å². The van der Waals surface area contributed by atoms with E-state index in [-0.39, 0.29) is 5.75 Å². The van der Waals surface area contributed by atoms with E-state index in [1.54, 1.807) is 24.4 Å². The zero-order chi connectivity index (χ0) is 16.7. The van der Waals surface area contributed by atoms with Crippen molar-refractivity contribution < 1.29 is 19.5 Å². The van der Waals surface area contributed by atoms with Crippen molar-refractivity contribution in [2.24, 2.45) is 0 Å². The van der Waals surface area contributed by atoms with E-state index in [0.29, 0.717) is 17.3 Å². The van der Waals surface area contributed by atoms with Gasteiger partial charge in [0, 0.05) is 24.5 Å². The lowest BCUT2D eigenvalue weighted by Gasteiger charge is -2.11. The fourth-order valence-corrected chi connectivity index (χ4v) is 3.91. The van der Waals surface area contributed by atoms with Crippen LogP contribution >= 0.6 is 7.60 Å². The minimum absolute atomic E-state index is 0.0760. The van der Waals surface area contributed by atoms with Crippen LogP contribution < -0.4 is 5.32 Å². The number of phenols is 1. The Morgan fingerprint density at radius 2 is 2.22 bits per heavy atom. The Morgan fingerprint density at radius 1 is 1.43 bits per heavy atom. The lowest BCUT2D eigenvalue weighted by molar-refractivity contribution is 0.363. The summed E-state index contributed by atoms with van der Waals surface area (Å²) in [6, 6.07) is 4.93. The van der Waals surface area contributed by atoms with E-state index in [1.807, 2.05) is 0 Å². The molecule has 1 saturated heterocycles. The number of benzene rings is 1. The van der Waals surface area contributed by atoms with Crippen LogP contribution in [0.15, 0.2) is 24.4 Å². The first-order chi connectivity index (χ1) is 10.8. The molecule has 7 nitrogen and oxygen atoms in total. The standard InChI is InChI=1S/C15H18N3O4P/c1-16-15(6-3-7-17-15)8-11-9-18(10-23(20,21)22)12-4-2-5-13(19)14(11)12/h1-2,4-5,9,17H,3,6-8,10H2,(H2-,19,20,21,22)/p+1/t15-/m1/s1. The molecular formula is C15H19N3O4P+. The lowest BCUT2D eigenvalue weighted by Crippen LogP contribution is -2.38. The highest BCUT2D eigenvalue weighted by atomic mass is 31.2. The van der Waals surface area contributed by atoms with Crippen LogP contribution in [-0.2, 0) is 17.3 Å². The summed E-state index contributed by atoms with van der Waals surface area (Å²) in [5, 5.41) is 14.1. The summed E-state index contributed by atoms with van der Waals surface area (Å²) >= 11 is 0. The molecule has 122 valence electrons. The van der Waals surface area contributed by atoms with Crippen LogP contribution in [0.5, 0.6) is 5.75 Å². The first-order valence-electron chi connectivity index (χ1n) is 7.35. The average Bonchev–Trinajstić information content (AvgIpc) is 3.05. The molecule has 0 spiro atoms. The number of nitrogens with one attached hydrogen (secondary N) is 1. The van der Waals surface area contributed by atoms with Gasteiger partial charge in [0.15, 0.2) is 0 Å². The van der Waals surface area contributed by atoms with E-state index < -0.39 is 19.5 Å². The molecule has 2 aromatic rings. The molecule has 1 aliphatic rings. The quantitative estimate of drug-likeness (QED) is 0.641. The van der Waals surface area contributed by atoms with E-state index in [4.69, 9.17) is 6.57 Å². The van der Waals surface area contributed by atoms with Gasteiger partial charge < -0.3 is 19.5 Å². The third kappa shape index (κ3) is 3.12. The molecule has 0 bridgehead atoms. The number of phenolic OH excluding ortho intramolecular Hbond substituents is 1. The Morgan fingerprint density at radius 3 is 2.83 bits per heavy atom. The Hall–Kier alpha value is -1.84. The summed E-state index contributed by atoms with van der Waals surface area (Å²) in [6.45, 7) is 6.39. The van der Waals surface area contributed by atoms with Crippen molar-refractivity contribution in [2.45, 2.75) is 31.2 Å². The summed E-state index contributed by atoms with van der Waals surface area (Å²) in [7, 11) is -4.24. The normalized spacial score (nSPS) is 21.6. The van der Waals surface area contributed by atoms with Crippen molar-refractivity contribution in [3.05, 3.63) is 34.8 Å². The van der Waals surface area contributed by atoms with Crippen LogP contribution in [0.1, 0.15) is 18.4 Å². The Balaban J connectivity index is 2.10. The van der Waals surface area contributed by atoms with Crippen LogP contribution in [0, 0.1) is 6.57 Å². The molecular weight excluding hydrogens is 317 g/mol. The van der Waals surface area contributed by atoms with Gasteiger partial charge in [-0.3, -0.25) is 4.57 Å². The molecule has 0 amide bonds. The number of hydrogen-bond donors (Lipinski definition) is 4. The number of fused-ring (bicyclic) bond motifs is 1. The van der Waals surface area contributed by atoms with Gasteiger partial charge in [-0.05, 0) is 24.1 Å². The van der Waals surface area contributed by atoms with Crippen LogP contribution in [0.25, 0.3) is 15.7 Å². The molecule has 0 saturated carbocycles. The molecule has 1 atom stereocenters. The summed E-state index contributed by atoms with van der Waals surface area (Å²) in [5.41, 5.74) is 0.743. The fraction of sp³-hybridized carbons (Fsp3) is 0.400. The van der Waals surface area contributed by atoms with Crippen molar-refractivity contribution in [3.63, 3.8) is 0 Å². The van der Waals surface area contributed by atoms with Gasteiger partial charge in [-0.1, -0.05) is 10.9 Å². The van der Waals surface area contributed by atoms with E-state index in [9.17, 15) is 19.5 Å².